The van der Waals surface area contributed by atoms with Gasteiger partial charge in [-0.25, -0.2) is 5.84 Å². The van der Waals surface area contributed by atoms with Crippen molar-refractivity contribution in [2.45, 2.75) is 46.2 Å². The summed E-state index contributed by atoms with van der Waals surface area (Å²) in [5, 5.41) is 11.5. The minimum absolute atomic E-state index is 0.250. The van der Waals surface area contributed by atoms with Gasteiger partial charge in [-0.15, -0.1) is 0 Å². The number of benzene rings is 1. The Balaban J connectivity index is 1.99. The van der Waals surface area contributed by atoms with Gasteiger partial charge < -0.3 is 10.1 Å². The molecule has 5 nitrogen and oxygen atoms in total. The molecule has 0 saturated carbocycles. The third kappa shape index (κ3) is 4.91. The molecular weight excluding hydrogens is 336 g/mol. The maximum atomic E-state index is 9.58. The van der Waals surface area contributed by atoms with E-state index in [1.165, 1.54) is 22.4 Å². The fourth-order valence-electron chi connectivity index (χ4n) is 4.59. The van der Waals surface area contributed by atoms with E-state index in [1.807, 2.05) is 5.01 Å². The largest absolute Gasteiger partial charge is 0.396 e. The number of hydrogen-bond donors (Lipinski definition) is 2. The summed E-state index contributed by atoms with van der Waals surface area (Å²) in [5.41, 5.74) is 5.44. The SMILES string of the molecule is CCN(N)/C(C)=C1/CN2CCN(Cc3cccc(c3)CC1C)C(CCO)C2. The molecule has 4 unspecified atom stereocenters. The maximum Gasteiger partial charge on any atom is 0.0446 e. The van der Waals surface area contributed by atoms with E-state index >= 15 is 0 Å². The van der Waals surface area contributed by atoms with Crippen molar-refractivity contribution in [2.75, 3.05) is 39.3 Å². The van der Waals surface area contributed by atoms with Crippen molar-refractivity contribution < 1.29 is 5.11 Å². The highest BCUT2D eigenvalue weighted by molar-refractivity contribution is 5.27. The van der Waals surface area contributed by atoms with Crippen LogP contribution in [0.5, 0.6) is 0 Å². The summed E-state index contributed by atoms with van der Waals surface area (Å²) in [4.78, 5) is 5.11. The van der Waals surface area contributed by atoms with Crippen molar-refractivity contribution in [2.24, 2.45) is 11.8 Å². The molecule has 0 aromatic heterocycles. The third-order valence-corrected chi connectivity index (χ3v) is 6.30. The number of nitrogens with two attached hydrogens (primary N) is 1. The Labute approximate surface area is 164 Å². The normalized spacial score (nSPS) is 30.4. The highest BCUT2D eigenvalue weighted by Gasteiger charge is 2.29. The quantitative estimate of drug-likeness (QED) is 0.627. The van der Waals surface area contributed by atoms with Gasteiger partial charge >= 0.3 is 0 Å². The van der Waals surface area contributed by atoms with Crippen molar-refractivity contribution in [3.05, 3.63) is 46.7 Å². The van der Waals surface area contributed by atoms with Gasteiger partial charge in [0.1, 0.15) is 0 Å². The van der Waals surface area contributed by atoms with Gasteiger partial charge in [0, 0.05) is 57.6 Å². The molecule has 0 amide bonds. The molecule has 3 N–H and O–H groups in total. The van der Waals surface area contributed by atoms with E-state index in [2.05, 4.69) is 54.8 Å². The predicted octanol–water partition coefficient (Wildman–Crippen LogP) is 2.22. The van der Waals surface area contributed by atoms with Gasteiger partial charge in [-0.3, -0.25) is 9.80 Å². The van der Waals surface area contributed by atoms with Crippen LogP contribution in [0.1, 0.15) is 38.3 Å². The number of nitrogens with zero attached hydrogens (tertiary/aromatic N) is 3. The highest BCUT2D eigenvalue weighted by atomic mass is 16.3. The van der Waals surface area contributed by atoms with Gasteiger partial charge in [0.15, 0.2) is 0 Å². The molecule has 0 radical (unpaired) electrons. The average Bonchev–Trinajstić information content (AvgIpc) is 2.66. The van der Waals surface area contributed by atoms with Crippen molar-refractivity contribution in [3.63, 3.8) is 0 Å². The Kier molecular flexibility index (Phi) is 6.93. The number of fused-ring (bicyclic) bond motifs is 5. The average molecular weight is 373 g/mol. The molecule has 3 heterocycles. The van der Waals surface area contributed by atoms with E-state index < -0.39 is 0 Å². The number of hydrogen-bond acceptors (Lipinski definition) is 5. The molecule has 4 rings (SSSR count). The summed E-state index contributed by atoms with van der Waals surface area (Å²) in [6.07, 6.45) is 1.88. The summed E-state index contributed by atoms with van der Waals surface area (Å²) in [6.45, 7) is 12.8. The smallest absolute Gasteiger partial charge is 0.0446 e. The lowest BCUT2D eigenvalue weighted by Gasteiger charge is -2.43. The van der Waals surface area contributed by atoms with Crippen molar-refractivity contribution in [3.8, 4) is 0 Å². The van der Waals surface area contributed by atoms with Crippen LogP contribution in [0.4, 0.5) is 0 Å². The van der Waals surface area contributed by atoms with Crippen LogP contribution in [0.25, 0.3) is 0 Å². The van der Waals surface area contributed by atoms with Crippen molar-refractivity contribution in [1.29, 1.82) is 0 Å². The fraction of sp³-hybridized carbons (Fsp3) is 0.636. The standard InChI is InChI=1S/C22H36N4O/c1-4-26(23)18(3)22-16-24-9-10-25(21(15-24)8-11-27)14-20-7-5-6-19(13-20)12-17(22)2/h5-7,13,17,21,27H,4,8-12,14-16,23H2,1-3H3/b22-18-. The highest BCUT2D eigenvalue weighted by Crippen LogP contribution is 2.26. The lowest BCUT2D eigenvalue weighted by atomic mass is 9.90. The van der Waals surface area contributed by atoms with Crippen LogP contribution >= 0.6 is 0 Å². The van der Waals surface area contributed by atoms with Crippen molar-refractivity contribution in [1.82, 2.24) is 14.8 Å². The summed E-state index contributed by atoms with van der Waals surface area (Å²) >= 11 is 0. The zero-order valence-electron chi connectivity index (χ0n) is 17.2. The van der Waals surface area contributed by atoms with Crippen LogP contribution in [-0.4, -0.2) is 65.3 Å². The van der Waals surface area contributed by atoms with E-state index in [0.29, 0.717) is 12.0 Å². The molecule has 1 saturated heterocycles. The van der Waals surface area contributed by atoms with E-state index in [0.717, 1.165) is 52.1 Å². The van der Waals surface area contributed by atoms with Crippen molar-refractivity contribution >= 4 is 0 Å². The molecule has 1 aromatic rings. The minimum Gasteiger partial charge on any atom is -0.396 e. The van der Waals surface area contributed by atoms with Crippen LogP contribution in [0.3, 0.4) is 0 Å². The molecule has 3 aliphatic heterocycles. The van der Waals surface area contributed by atoms with E-state index in [1.54, 1.807) is 0 Å². The molecule has 4 atom stereocenters. The third-order valence-electron chi connectivity index (χ3n) is 6.30. The van der Waals surface area contributed by atoms with Gasteiger partial charge in [-0.2, -0.15) is 0 Å². The first-order valence-electron chi connectivity index (χ1n) is 10.4. The number of aliphatic hydroxyl groups excluding tert-OH is 1. The molecule has 4 bridgehead atoms. The fourth-order valence-corrected chi connectivity index (χ4v) is 4.59. The molecule has 5 heteroatoms. The molecule has 150 valence electrons. The first kappa shape index (κ1) is 20.3. The first-order chi connectivity index (χ1) is 13.0. The van der Waals surface area contributed by atoms with E-state index in [4.69, 9.17) is 5.84 Å². The van der Waals surface area contributed by atoms with E-state index in [9.17, 15) is 5.11 Å². The Hall–Kier alpha value is -1.40. The Morgan fingerprint density at radius 1 is 1.26 bits per heavy atom. The lowest BCUT2D eigenvalue weighted by molar-refractivity contribution is 0.0566. The molecule has 0 spiro atoms. The maximum absolute atomic E-state index is 9.58. The second-order valence-electron chi connectivity index (χ2n) is 8.19. The molecule has 1 fully saturated rings. The number of rotatable bonds is 4. The number of aliphatic hydroxyl groups is 1. The van der Waals surface area contributed by atoms with Gasteiger partial charge in [-0.1, -0.05) is 31.2 Å². The summed E-state index contributed by atoms with van der Waals surface area (Å²) < 4.78 is 0. The summed E-state index contributed by atoms with van der Waals surface area (Å²) in [5.74, 6) is 6.73. The Morgan fingerprint density at radius 2 is 2.04 bits per heavy atom. The molecule has 27 heavy (non-hydrogen) atoms. The lowest BCUT2D eigenvalue weighted by Crippen LogP contribution is -2.53. The van der Waals surface area contributed by atoms with Gasteiger partial charge in [0.2, 0.25) is 0 Å². The van der Waals surface area contributed by atoms with Crippen LogP contribution in [0, 0.1) is 5.92 Å². The Bertz CT molecular complexity index is 659. The van der Waals surface area contributed by atoms with Crippen LogP contribution in [-0.2, 0) is 13.0 Å². The zero-order chi connectivity index (χ0) is 19.4. The van der Waals surface area contributed by atoms with E-state index in [-0.39, 0.29) is 6.61 Å². The van der Waals surface area contributed by atoms with Gasteiger partial charge in [-0.05, 0) is 49.3 Å². The topological polar surface area (TPSA) is 56.0 Å². The molecule has 1 aromatic carbocycles. The van der Waals surface area contributed by atoms with Crippen LogP contribution < -0.4 is 5.84 Å². The number of hydrazine groups is 1. The predicted molar refractivity (Wildman–Crippen MR) is 111 cm³/mol. The zero-order valence-corrected chi connectivity index (χ0v) is 17.2. The second-order valence-corrected chi connectivity index (χ2v) is 8.19. The van der Waals surface area contributed by atoms with Crippen LogP contribution in [0.15, 0.2) is 35.5 Å². The van der Waals surface area contributed by atoms with Gasteiger partial charge in [0.05, 0.1) is 0 Å². The number of allylic oxidation sites excluding steroid dienone is 1. The molecule has 0 aliphatic carbocycles. The summed E-state index contributed by atoms with van der Waals surface area (Å²) in [7, 11) is 0. The Morgan fingerprint density at radius 3 is 2.78 bits per heavy atom. The summed E-state index contributed by atoms with van der Waals surface area (Å²) in [6, 6.07) is 9.45. The monoisotopic (exact) mass is 372 g/mol. The minimum atomic E-state index is 0.250. The second kappa shape index (κ2) is 9.20. The van der Waals surface area contributed by atoms with Gasteiger partial charge in [0.25, 0.3) is 0 Å². The van der Waals surface area contributed by atoms with Crippen LogP contribution in [0.2, 0.25) is 0 Å². The molecule has 3 aliphatic rings. The molecular formula is C22H36N4O. The number of piperazine rings is 1. The first-order valence-corrected chi connectivity index (χ1v) is 10.4.